The molecule has 1 rings (SSSR count). The van der Waals surface area contributed by atoms with Crippen LogP contribution in [0.5, 0.6) is 0 Å². The Labute approximate surface area is 132 Å². The van der Waals surface area contributed by atoms with Crippen molar-refractivity contribution >= 4 is 17.8 Å². The van der Waals surface area contributed by atoms with Crippen molar-refractivity contribution in [1.29, 1.82) is 0 Å². The van der Waals surface area contributed by atoms with Gasteiger partial charge in [0.2, 0.25) is 11.8 Å². The first-order valence-electron chi connectivity index (χ1n) is 8.20. The SMILES string of the molecule is CC(CCC(=O)O)NC(=O)C(C)NC(=O)CC1CCCCC1. The number of carbonyl (C=O) groups excluding carboxylic acids is 2. The second-order valence-corrected chi connectivity index (χ2v) is 6.34. The second kappa shape index (κ2) is 9.43. The molecule has 1 aliphatic carbocycles. The van der Waals surface area contributed by atoms with E-state index >= 15 is 0 Å². The summed E-state index contributed by atoms with van der Waals surface area (Å²) >= 11 is 0. The largest absolute Gasteiger partial charge is 0.481 e. The van der Waals surface area contributed by atoms with Crippen LogP contribution in [0.15, 0.2) is 0 Å². The average molecular weight is 312 g/mol. The molecule has 2 amide bonds. The number of aliphatic carboxylic acids is 1. The van der Waals surface area contributed by atoms with Crippen LogP contribution in [0.3, 0.4) is 0 Å². The molecular weight excluding hydrogens is 284 g/mol. The summed E-state index contributed by atoms with van der Waals surface area (Å²) in [4.78, 5) is 34.4. The first-order chi connectivity index (χ1) is 10.4. The van der Waals surface area contributed by atoms with Crippen LogP contribution in [0.2, 0.25) is 0 Å². The van der Waals surface area contributed by atoms with Crippen molar-refractivity contribution in [2.45, 2.75) is 77.3 Å². The number of hydrogen-bond acceptors (Lipinski definition) is 3. The van der Waals surface area contributed by atoms with Crippen LogP contribution in [0.25, 0.3) is 0 Å². The molecule has 0 radical (unpaired) electrons. The van der Waals surface area contributed by atoms with Crippen LogP contribution in [-0.4, -0.2) is 35.0 Å². The van der Waals surface area contributed by atoms with E-state index in [0.29, 0.717) is 18.8 Å². The predicted molar refractivity (Wildman–Crippen MR) is 83.3 cm³/mol. The minimum absolute atomic E-state index is 0.0177. The standard InChI is InChI=1S/C16H28N2O4/c1-11(8-9-15(20)21)17-16(22)12(2)18-14(19)10-13-6-4-3-5-7-13/h11-13H,3-10H2,1-2H3,(H,17,22)(H,18,19)(H,20,21). The Kier molecular flexibility index (Phi) is 7.91. The van der Waals surface area contributed by atoms with E-state index in [-0.39, 0.29) is 24.3 Å². The maximum absolute atomic E-state index is 12.0. The molecule has 0 heterocycles. The number of nitrogens with one attached hydrogen (secondary N) is 2. The van der Waals surface area contributed by atoms with Gasteiger partial charge in [-0.25, -0.2) is 0 Å². The van der Waals surface area contributed by atoms with Crippen LogP contribution in [0.4, 0.5) is 0 Å². The van der Waals surface area contributed by atoms with E-state index in [0.717, 1.165) is 12.8 Å². The molecule has 0 spiro atoms. The minimum atomic E-state index is -0.880. The zero-order valence-corrected chi connectivity index (χ0v) is 13.6. The van der Waals surface area contributed by atoms with Gasteiger partial charge >= 0.3 is 5.97 Å². The number of hydrogen-bond donors (Lipinski definition) is 3. The molecule has 6 nitrogen and oxygen atoms in total. The molecular formula is C16H28N2O4. The fourth-order valence-electron chi connectivity index (χ4n) is 2.80. The molecule has 0 bridgehead atoms. The summed E-state index contributed by atoms with van der Waals surface area (Å²) in [6.07, 6.45) is 6.72. The van der Waals surface area contributed by atoms with E-state index in [1.807, 2.05) is 0 Å². The summed E-state index contributed by atoms with van der Waals surface area (Å²) in [7, 11) is 0. The lowest BCUT2D eigenvalue weighted by Gasteiger charge is -2.22. The highest BCUT2D eigenvalue weighted by molar-refractivity contribution is 5.87. The molecule has 0 saturated heterocycles. The van der Waals surface area contributed by atoms with Gasteiger partial charge in [-0.15, -0.1) is 0 Å². The van der Waals surface area contributed by atoms with Gasteiger partial charge < -0.3 is 15.7 Å². The highest BCUT2D eigenvalue weighted by Gasteiger charge is 2.21. The van der Waals surface area contributed by atoms with Gasteiger partial charge in [-0.3, -0.25) is 14.4 Å². The van der Waals surface area contributed by atoms with Crippen LogP contribution in [0, 0.1) is 5.92 Å². The second-order valence-electron chi connectivity index (χ2n) is 6.34. The van der Waals surface area contributed by atoms with Crippen LogP contribution in [-0.2, 0) is 14.4 Å². The third-order valence-electron chi connectivity index (χ3n) is 4.15. The summed E-state index contributed by atoms with van der Waals surface area (Å²) < 4.78 is 0. The van der Waals surface area contributed by atoms with E-state index in [2.05, 4.69) is 10.6 Å². The van der Waals surface area contributed by atoms with Gasteiger partial charge in [0.1, 0.15) is 6.04 Å². The number of amides is 2. The van der Waals surface area contributed by atoms with E-state index in [4.69, 9.17) is 5.11 Å². The quantitative estimate of drug-likeness (QED) is 0.637. The van der Waals surface area contributed by atoms with E-state index in [1.54, 1.807) is 13.8 Å². The van der Waals surface area contributed by atoms with Crippen molar-refractivity contribution in [2.75, 3.05) is 0 Å². The molecule has 6 heteroatoms. The lowest BCUT2D eigenvalue weighted by atomic mass is 9.87. The molecule has 0 aromatic carbocycles. The molecule has 2 unspecified atom stereocenters. The maximum Gasteiger partial charge on any atom is 0.303 e. The zero-order valence-electron chi connectivity index (χ0n) is 13.6. The van der Waals surface area contributed by atoms with Crippen molar-refractivity contribution in [3.05, 3.63) is 0 Å². The minimum Gasteiger partial charge on any atom is -0.481 e. The summed E-state index contributed by atoms with van der Waals surface area (Å²) in [5.41, 5.74) is 0. The molecule has 1 saturated carbocycles. The Morgan fingerprint density at radius 3 is 2.32 bits per heavy atom. The van der Waals surface area contributed by atoms with Crippen LogP contribution >= 0.6 is 0 Å². The molecule has 2 atom stereocenters. The fourth-order valence-corrected chi connectivity index (χ4v) is 2.80. The Bertz CT molecular complexity index is 392. The van der Waals surface area contributed by atoms with Crippen molar-refractivity contribution in [3.63, 3.8) is 0 Å². The van der Waals surface area contributed by atoms with E-state index < -0.39 is 12.0 Å². The topological polar surface area (TPSA) is 95.5 Å². The Morgan fingerprint density at radius 1 is 1.09 bits per heavy atom. The highest BCUT2D eigenvalue weighted by atomic mass is 16.4. The van der Waals surface area contributed by atoms with Gasteiger partial charge in [0, 0.05) is 18.9 Å². The number of carbonyl (C=O) groups is 3. The summed E-state index contributed by atoms with van der Waals surface area (Å²) in [5.74, 6) is -0.781. The smallest absolute Gasteiger partial charge is 0.303 e. The first-order valence-corrected chi connectivity index (χ1v) is 8.20. The molecule has 0 aromatic heterocycles. The molecule has 3 N–H and O–H groups in total. The molecule has 0 aliphatic heterocycles. The van der Waals surface area contributed by atoms with Gasteiger partial charge in [0.05, 0.1) is 0 Å². The van der Waals surface area contributed by atoms with Gasteiger partial charge in [-0.05, 0) is 39.0 Å². The van der Waals surface area contributed by atoms with Gasteiger partial charge in [-0.2, -0.15) is 0 Å². The number of carboxylic acids is 1. The van der Waals surface area contributed by atoms with Crippen LogP contribution < -0.4 is 10.6 Å². The van der Waals surface area contributed by atoms with Crippen molar-refractivity contribution in [1.82, 2.24) is 10.6 Å². The summed E-state index contributed by atoms with van der Waals surface area (Å²) in [5, 5.41) is 14.1. The maximum atomic E-state index is 12.0. The molecule has 1 fully saturated rings. The lowest BCUT2D eigenvalue weighted by Crippen LogP contribution is -2.47. The predicted octanol–water partition coefficient (Wildman–Crippen LogP) is 1.83. The third-order valence-corrected chi connectivity index (χ3v) is 4.15. The average Bonchev–Trinajstić information content (AvgIpc) is 2.45. The van der Waals surface area contributed by atoms with Crippen molar-refractivity contribution < 1.29 is 19.5 Å². The highest BCUT2D eigenvalue weighted by Crippen LogP contribution is 2.26. The van der Waals surface area contributed by atoms with Gasteiger partial charge in [0.25, 0.3) is 0 Å². The Hall–Kier alpha value is -1.59. The summed E-state index contributed by atoms with van der Waals surface area (Å²) in [6, 6.07) is -0.815. The number of rotatable bonds is 8. The van der Waals surface area contributed by atoms with E-state index in [1.165, 1.54) is 19.3 Å². The molecule has 1 aliphatic rings. The lowest BCUT2D eigenvalue weighted by molar-refractivity contribution is -0.137. The van der Waals surface area contributed by atoms with Gasteiger partial charge in [-0.1, -0.05) is 19.3 Å². The first kappa shape index (κ1) is 18.5. The van der Waals surface area contributed by atoms with Crippen LogP contribution in [0.1, 0.15) is 65.2 Å². The Balaban J connectivity index is 2.27. The normalized spacial score (nSPS) is 18.3. The van der Waals surface area contributed by atoms with Gasteiger partial charge in [0.15, 0.2) is 0 Å². The molecule has 22 heavy (non-hydrogen) atoms. The van der Waals surface area contributed by atoms with Crippen molar-refractivity contribution in [2.24, 2.45) is 5.92 Å². The number of carboxylic acid groups (broad SMARTS) is 1. The molecule has 126 valence electrons. The molecule has 0 aromatic rings. The van der Waals surface area contributed by atoms with Crippen molar-refractivity contribution in [3.8, 4) is 0 Å². The zero-order chi connectivity index (χ0) is 16.5. The monoisotopic (exact) mass is 312 g/mol. The third kappa shape index (κ3) is 7.43. The Morgan fingerprint density at radius 2 is 1.73 bits per heavy atom. The fraction of sp³-hybridized carbons (Fsp3) is 0.812. The van der Waals surface area contributed by atoms with E-state index in [9.17, 15) is 14.4 Å². The summed E-state index contributed by atoms with van der Waals surface area (Å²) in [6.45, 7) is 3.41.